The molecule has 0 aliphatic heterocycles. The first-order valence-corrected chi connectivity index (χ1v) is 16.7. The monoisotopic (exact) mass is 536 g/mol. The Balaban J connectivity index is 2.71. The first kappa shape index (κ1) is 30.8. The van der Waals surface area contributed by atoms with E-state index in [1.807, 2.05) is 38.8 Å². The molecular weight excluding hydrogens is 488 g/mol. The minimum atomic E-state index is -2.22. The van der Waals surface area contributed by atoms with Gasteiger partial charge in [-0.2, -0.15) is 0 Å². The molecule has 1 heterocycles. The van der Waals surface area contributed by atoms with Crippen LogP contribution in [-0.4, -0.2) is 42.0 Å². The summed E-state index contributed by atoms with van der Waals surface area (Å²) in [4.78, 5) is 20.4. The molecule has 1 amide bonds. The molecule has 0 fully saturated rings. The molecule has 36 heavy (non-hydrogen) atoms. The number of aromatic nitrogens is 1. The van der Waals surface area contributed by atoms with E-state index in [0.717, 1.165) is 36.8 Å². The number of nitrogens with zero attached hydrogens (tertiary/aromatic N) is 2. The number of hydrogen-bond acceptors (Lipinski definition) is 4. The van der Waals surface area contributed by atoms with Crippen LogP contribution in [0.2, 0.25) is 23.3 Å². The number of amides is 1. The summed E-state index contributed by atoms with van der Waals surface area (Å²) in [6, 6.07) is 1.92. The number of rotatable bonds is 8. The maximum absolute atomic E-state index is 13.9. The second kappa shape index (κ2) is 12.0. The Morgan fingerprint density at radius 2 is 1.81 bits per heavy atom. The van der Waals surface area contributed by atoms with Crippen molar-refractivity contribution in [1.82, 2.24) is 9.88 Å². The molecule has 1 aromatic heterocycles. The minimum Gasteiger partial charge on any atom is -0.444 e. The van der Waals surface area contributed by atoms with E-state index in [4.69, 9.17) is 20.8 Å². The smallest absolute Gasteiger partial charge is 0.410 e. The van der Waals surface area contributed by atoms with Crippen LogP contribution in [0, 0.1) is 12.8 Å². The van der Waals surface area contributed by atoms with Gasteiger partial charge in [0.15, 0.2) is 8.32 Å². The van der Waals surface area contributed by atoms with Crippen molar-refractivity contribution in [3.63, 3.8) is 0 Å². The Labute approximate surface area is 226 Å². The number of ether oxygens (including phenoxy) is 1. The summed E-state index contributed by atoms with van der Waals surface area (Å²) in [7, 11) is -2.22. The highest BCUT2D eigenvalue weighted by molar-refractivity contribution is 6.74. The topological polar surface area (TPSA) is 51.7 Å². The van der Waals surface area contributed by atoms with E-state index in [0.29, 0.717) is 11.1 Å². The average Bonchev–Trinajstić information content (AvgIpc) is 2.73. The molecule has 2 rings (SSSR count). The van der Waals surface area contributed by atoms with Gasteiger partial charge >= 0.3 is 6.09 Å². The Hall–Kier alpha value is -1.37. The number of allylic oxidation sites excluding steroid dienone is 1. The SMILES string of the molecule is CCC[C@H]([C@H](O[Si](C)(C)C(C)(C)C)c1cnc(Cl)c(C)c1)N(C(=O)OC(C)(C)C)C1CC=CC[C@@H]1C. The van der Waals surface area contributed by atoms with Crippen molar-refractivity contribution in [1.29, 1.82) is 0 Å². The van der Waals surface area contributed by atoms with Crippen LogP contribution in [0.15, 0.2) is 24.4 Å². The summed E-state index contributed by atoms with van der Waals surface area (Å²) >= 11 is 6.32. The lowest BCUT2D eigenvalue weighted by Crippen LogP contribution is -2.55. The predicted molar refractivity (Wildman–Crippen MR) is 153 cm³/mol. The van der Waals surface area contributed by atoms with Gasteiger partial charge in [0, 0.05) is 17.8 Å². The molecule has 1 aliphatic rings. The third kappa shape index (κ3) is 7.81. The molecule has 0 N–H and O–H groups in total. The van der Waals surface area contributed by atoms with Crippen molar-refractivity contribution in [2.75, 3.05) is 0 Å². The van der Waals surface area contributed by atoms with Gasteiger partial charge in [0.1, 0.15) is 10.8 Å². The van der Waals surface area contributed by atoms with Crippen LogP contribution >= 0.6 is 11.6 Å². The second-order valence-corrected chi connectivity index (χ2v) is 18.0. The molecule has 4 atom stereocenters. The molecular formula is C29H49ClN2O3Si. The zero-order valence-corrected chi connectivity index (χ0v) is 26.2. The second-order valence-electron chi connectivity index (χ2n) is 12.9. The van der Waals surface area contributed by atoms with Crippen LogP contribution in [0.3, 0.4) is 0 Å². The summed E-state index contributed by atoms with van der Waals surface area (Å²) in [5.41, 5.74) is 1.28. The predicted octanol–water partition coefficient (Wildman–Crippen LogP) is 8.87. The van der Waals surface area contributed by atoms with Gasteiger partial charge in [-0.15, -0.1) is 0 Å². The normalized spacial score (nSPS) is 20.7. The van der Waals surface area contributed by atoms with Crippen LogP contribution in [0.25, 0.3) is 0 Å². The highest BCUT2D eigenvalue weighted by Gasteiger charge is 2.45. The van der Waals surface area contributed by atoms with Gasteiger partial charge in [-0.05, 0) is 82.6 Å². The number of aryl methyl sites for hydroxylation is 1. The van der Waals surface area contributed by atoms with Gasteiger partial charge in [-0.25, -0.2) is 9.78 Å². The van der Waals surface area contributed by atoms with Crippen LogP contribution in [0.5, 0.6) is 0 Å². The number of halogens is 1. The molecule has 5 nitrogen and oxygen atoms in total. The van der Waals surface area contributed by atoms with E-state index in [9.17, 15) is 4.79 Å². The maximum atomic E-state index is 13.9. The van der Waals surface area contributed by atoms with E-state index >= 15 is 0 Å². The van der Waals surface area contributed by atoms with Gasteiger partial charge < -0.3 is 9.16 Å². The molecule has 0 aromatic carbocycles. The number of hydrogen-bond donors (Lipinski definition) is 0. The lowest BCUT2D eigenvalue weighted by atomic mass is 9.86. The lowest BCUT2D eigenvalue weighted by Gasteiger charge is -2.47. The quantitative estimate of drug-likeness (QED) is 0.189. The fourth-order valence-electron chi connectivity index (χ4n) is 4.49. The van der Waals surface area contributed by atoms with E-state index in [-0.39, 0.29) is 29.3 Å². The first-order chi connectivity index (χ1) is 16.5. The number of carbonyl (C=O) groups is 1. The lowest BCUT2D eigenvalue weighted by molar-refractivity contribution is -0.0282. The van der Waals surface area contributed by atoms with E-state index < -0.39 is 13.9 Å². The number of pyridine rings is 1. The molecule has 204 valence electrons. The largest absolute Gasteiger partial charge is 0.444 e. The molecule has 7 heteroatoms. The van der Waals surface area contributed by atoms with Gasteiger partial charge in [-0.3, -0.25) is 4.90 Å². The maximum Gasteiger partial charge on any atom is 0.410 e. The Morgan fingerprint density at radius 3 is 2.31 bits per heavy atom. The highest BCUT2D eigenvalue weighted by Crippen LogP contribution is 2.43. The molecule has 1 aliphatic carbocycles. The third-order valence-electron chi connectivity index (χ3n) is 7.55. The summed E-state index contributed by atoms with van der Waals surface area (Å²) in [6.07, 6.45) is 9.11. The van der Waals surface area contributed by atoms with Crippen LogP contribution in [0.4, 0.5) is 4.79 Å². The van der Waals surface area contributed by atoms with Crippen molar-refractivity contribution in [2.45, 2.75) is 130 Å². The summed E-state index contributed by atoms with van der Waals surface area (Å²) < 4.78 is 13.2. The van der Waals surface area contributed by atoms with Gasteiger partial charge in [0.2, 0.25) is 0 Å². The van der Waals surface area contributed by atoms with Crippen molar-refractivity contribution in [3.8, 4) is 0 Å². The Morgan fingerprint density at radius 1 is 1.19 bits per heavy atom. The third-order valence-corrected chi connectivity index (χ3v) is 12.4. The standard InChI is InChI=1S/C29H49ClN2O3Si/c1-12-15-24(32(27(33)34-28(4,5)6)23-17-14-13-16-20(23)2)25(35-36(10,11)29(7,8)9)22-18-21(3)26(30)31-19-22/h13-14,18-20,23-25H,12,15-17H2,1-11H3/t20-,23?,24+,25+/m0/s1. The van der Waals surface area contributed by atoms with Gasteiger partial charge in [0.25, 0.3) is 0 Å². The van der Waals surface area contributed by atoms with Gasteiger partial charge in [0.05, 0.1) is 12.1 Å². The Kier molecular flexibility index (Phi) is 10.3. The highest BCUT2D eigenvalue weighted by atomic mass is 35.5. The summed E-state index contributed by atoms with van der Waals surface area (Å²) in [6.45, 7) is 23.4. The molecule has 1 unspecified atom stereocenters. The summed E-state index contributed by atoms with van der Waals surface area (Å²) in [5, 5.41) is 0.501. The van der Waals surface area contributed by atoms with Gasteiger partial charge in [-0.1, -0.05) is 64.8 Å². The fourth-order valence-corrected chi connectivity index (χ4v) is 5.87. The first-order valence-electron chi connectivity index (χ1n) is 13.4. The van der Waals surface area contributed by atoms with Crippen molar-refractivity contribution in [3.05, 3.63) is 40.7 Å². The van der Waals surface area contributed by atoms with Crippen LogP contribution in [-0.2, 0) is 9.16 Å². The number of carbonyl (C=O) groups excluding carboxylic acids is 1. The molecule has 0 saturated heterocycles. The van der Waals surface area contributed by atoms with E-state index in [1.54, 1.807) is 0 Å². The zero-order valence-electron chi connectivity index (χ0n) is 24.4. The molecule has 0 spiro atoms. The average molecular weight is 537 g/mol. The van der Waals surface area contributed by atoms with Crippen molar-refractivity contribution < 1.29 is 14.0 Å². The fraction of sp³-hybridized carbons (Fsp3) is 0.724. The molecule has 0 saturated carbocycles. The molecule has 0 radical (unpaired) electrons. The van der Waals surface area contributed by atoms with Crippen molar-refractivity contribution >= 4 is 26.0 Å². The van der Waals surface area contributed by atoms with E-state index in [2.05, 4.69) is 70.9 Å². The Bertz CT molecular complexity index is 920. The van der Waals surface area contributed by atoms with E-state index in [1.165, 1.54) is 0 Å². The molecule has 1 aromatic rings. The van der Waals surface area contributed by atoms with Crippen LogP contribution in [0.1, 0.15) is 98.3 Å². The minimum absolute atomic E-state index is 0.00846. The zero-order chi connectivity index (χ0) is 27.5. The molecule has 0 bridgehead atoms. The van der Waals surface area contributed by atoms with Crippen molar-refractivity contribution in [2.24, 2.45) is 5.92 Å². The van der Waals surface area contributed by atoms with Crippen LogP contribution < -0.4 is 0 Å². The summed E-state index contributed by atoms with van der Waals surface area (Å²) in [5.74, 6) is 0.320.